The standard InChI is InChI=1S/C15H20O3/c1-9-12-7-5-4-6-11(12)8-13(18-3)14(9)10(2)15(16)17/h8,10H,4-7H2,1-3H3,(H,16,17). The lowest BCUT2D eigenvalue weighted by molar-refractivity contribution is -0.138. The molecule has 1 aliphatic carbocycles. The van der Waals surface area contributed by atoms with Crippen molar-refractivity contribution in [1.82, 2.24) is 0 Å². The number of aliphatic carboxylic acids is 1. The van der Waals surface area contributed by atoms with Gasteiger partial charge in [-0.2, -0.15) is 0 Å². The van der Waals surface area contributed by atoms with Crippen molar-refractivity contribution in [1.29, 1.82) is 0 Å². The maximum Gasteiger partial charge on any atom is 0.310 e. The lowest BCUT2D eigenvalue weighted by Gasteiger charge is -2.24. The summed E-state index contributed by atoms with van der Waals surface area (Å²) in [7, 11) is 1.61. The Bertz CT molecular complexity index is 477. The minimum atomic E-state index is -0.799. The lowest BCUT2D eigenvalue weighted by Crippen LogP contribution is -2.14. The zero-order valence-corrected chi connectivity index (χ0v) is 11.2. The molecule has 0 aliphatic heterocycles. The van der Waals surface area contributed by atoms with E-state index in [9.17, 15) is 9.90 Å². The summed E-state index contributed by atoms with van der Waals surface area (Å²) in [4.78, 5) is 11.2. The number of ether oxygens (including phenoxy) is 1. The Morgan fingerprint density at radius 3 is 2.67 bits per heavy atom. The molecule has 1 N–H and O–H groups in total. The van der Waals surface area contributed by atoms with E-state index in [0.29, 0.717) is 0 Å². The number of benzene rings is 1. The number of carboxylic acids is 1. The molecule has 0 heterocycles. The number of hydrogen-bond acceptors (Lipinski definition) is 2. The zero-order chi connectivity index (χ0) is 13.3. The molecule has 98 valence electrons. The average molecular weight is 248 g/mol. The van der Waals surface area contributed by atoms with E-state index in [-0.39, 0.29) is 0 Å². The van der Waals surface area contributed by atoms with Crippen molar-refractivity contribution in [2.45, 2.75) is 45.4 Å². The van der Waals surface area contributed by atoms with Crippen LogP contribution in [0.1, 0.15) is 47.9 Å². The minimum absolute atomic E-state index is 0.521. The fourth-order valence-corrected chi connectivity index (χ4v) is 2.93. The molecule has 0 bridgehead atoms. The van der Waals surface area contributed by atoms with Gasteiger partial charge in [-0.05, 0) is 62.3 Å². The third-order valence-electron chi connectivity index (χ3n) is 3.96. The number of carboxylic acid groups (broad SMARTS) is 1. The molecule has 0 radical (unpaired) electrons. The highest BCUT2D eigenvalue weighted by molar-refractivity contribution is 5.78. The summed E-state index contributed by atoms with van der Waals surface area (Å²) in [6.45, 7) is 3.75. The van der Waals surface area contributed by atoms with Gasteiger partial charge in [-0.15, -0.1) is 0 Å². The fraction of sp³-hybridized carbons (Fsp3) is 0.533. The zero-order valence-electron chi connectivity index (χ0n) is 11.2. The molecule has 1 aromatic carbocycles. The van der Waals surface area contributed by atoms with Gasteiger partial charge in [0, 0.05) is 5.56 Å². The van der Waals surface area contributed by atoms with Crippen LogP contribution in [0.15, 0.2) is 6.07 Å². The summed E-state index contributed by atoms with van der Waals surface area (Å²) >= 11 is 0. The van der Waals surface area contributed by atoms with E-state index in [1.165, 1.54) is 24.0 Å². The van der Waals surface area contributed by atoms with Gasteiger partial charge in [0.1, 0.15) is 5.75 Å². The molecular formula is C15H20O3. The van der Waals surface area contributed by atoms with E-state index in [1.54, 1.807) is 14.0 Å². The minimum Gasteiger partial charge on any atom is -0.496 e. The normalized spacial score (nSPS) is 15.9. The summed E-state index contributed by atoms with van der Waals surface area (Å²) in [5.74, 6) is -0.595. The van der Waals surface area contributed by atoms with Crippen molar-refractivity contribution in [3.05, 3.63) is 28.3 Å². The second-order valence-electron chi connectivity index (χ2n) is 5.02. The van der Waals surface area contributed by atoms with Crippen LogP contribution < -0.4 is 4.74 Å². The fourth-order valence-electron chi connectivity index (χ4n) is 2.93. The molecule has 2 rings (SSSR count). The van der Waals surface area contributed by atoms with Gasteiger partial charge in [0.2, 0.25) is 0 Å². The van der Waals surface area contributed by atoms with Gasteiger partial charge in [-0.3, -0.25) is 4.79 Å². The molecule has 1 unspecified atom stereocenters. The molecule has 1 atom stereocenters. The first-order valence-corrected chi connectivity index (χ1v) is 6.48. The maximum absolute atomic E-state index is 11.2. The predicted octanol–water partition coefficient (Wildman–Crippen LogP) is 3.07. The topological polar surface area (TPSA) is 46.5 Å². The molecule has 3 nitrogen and oxygen atoms in total. The Morgan fingerprint density at radius 1 is 1.39 bits per heavy atom. The van der Waals surface area contributed by atoms with Crippen LogP contribution in [0, 0.1) is 6.92 Å². The largest absolute Gasteiger partial charge is 0.496 e. The van der Waals surface area contributed by atoms with Crippen molar-refractivity contribution >= 4 is 5.97 Å². The Kier molecular flexibility index (Phi) is 3.60. The van der Waals surface area contributed by atoms with Gasteiger partial charge in [-0.1, -0.05) is 0 Å². The van der Waals surface area contributed by atoms with Crippen LogP contribution in [0.4, 0.5) is 0 Å². The van der Waals surface area contributed by atoms with Crippen LogP contribution in [-0.2, 0) is 17.6 Å². The number of aryl methyl sites for hydroxylation is 1. The molecule has 1 aromatic rings. The molecule has 3 heteroatoms. The molecule has 1 aliphatic rings. The van der Waals surface area contributed by atoms with Crippen molar-refractivity contribution < 1.29 is 14.6 Å². The molecular weight excluding hydrogens is 228 g/mol. The van der Waals surface area contributed by atoms with E-state index >= 15 is 0 Å². The Morgan fingerprint density at radius 2 is 2.06 bits per heavy atom. The Labute approximate surface area is 108 Å². The summed E-state index contributed by atoms with van der Waals surface area (Å²) < 4.78 is 5.40. The third-order valence-corrected chi connectivity index (χ3v) is 3.96. The molecule has 0 fully saturated rings. The van der Waals surface area contributed by atoms with Gasteiger partial charge in [-0.25, -0.2) is 0 Å². The van der Waals surface area contributed by atoms with Crippen LogP contribution in [0.5, 0.6) is 5.75 Å². The van der Waals surface area contributed by atoms with E-state index in [4.69, 9.17) is 4.74 Å². The first-order valence-electron chi connectivity index (χ1n) is 6.48. The number of rotatable bonds is 3. The molecule has 0 saturated carbocycles. The number of fused-ring (bicyclic) bond motifs is 1. The summed E-state index contributed by atoms with van der Waals surface area (Å²) in [6, 6.07) is 2.04. The van der Waals surface area contributed by atoms with Crippen molar-refractivity contribution in [2.75, 3.05) is 7.11 Å². The number of carbonyl (C=O) groups is 1. The SMILES string of the molecule is COc1cc2c(c(C)c1C(C)C(=O)O)CCCC2. The monoisotopic (exact) mass is 248 g/mol. The van der Waals surface area contributed by atoms with Gasteiger partial charge in [0.05, 0.1) is 13.0 Å². The van der Waals surface area contributed by atoms with Crippen LogP contribution in [0.3, 0.4) is 0 Å². The summed E-state index contributed by atoms with van der Waals surface area (Å²) in [5, 5.41) is 9.23. The number of methoxy groups -OCH3 is 1. The van der Waals surface area contributed by atoms with Crippen LogP contribution in [0.2, 0.25) is 0 Å². The Hall–Kier alpha value is -1.51. The molecule has 18 heavy (non-hydrogen) atoms. The Balaban J connectivity index is 2.60. The maximum atomic E-state index is 11.2. The van der Waals surface area contributed by atoms with E-state index < -0.39 is 11.9 Å². The second-order valence-corrected chi connectivity index (χ2v) is 5.02. The van der Waals surface area contributed by atoms with Gasteiger partial charge in [0.15, 0.2) is 0 Å². The van der Waals surface area contributed by atoms with Gasteiger partial charge < -0.3 is 9.84 Å². The van der Waals surface area contributed by atoms with Crippen molar-refractivity contribution in [3.63, 3.8) is 0 Å². The van der Waals surface area contributed by atoms with Crippen LogP contribution in [-0.4, -0.2) is 18.2 Å². The highest BCUT2D eigenvalue weighted by Crippen LogP contribution is 2.37. The second kappa shape index (κ2) is 5.01. The van der Waals surface area contributed by atoms with E-state index in [1.807, 2.05) is 13.0 Å². The lowest BCUT2D eigenvalue weighted by atomic mass is 9.83. The smallest absolute Gasteiger partial charge is 0.310 e. The first-order chi connectivity index (χ1) is 8.56. The first kappa shape index (κ1) is 12.9. The average Bonchev–Trinajstić information content (AvgIpc) is 2.37. The molecule has 0 amide bonds. The summed E-state index contributed by atoms with van der Waals surface area (Å²) in [6.07, 6.45) is 4.54. The summed E-state index contributed by atoms with van der Waals surface area (Å²) in [5.41, 5.74) is 4.62. The van der Waals surface area contributed by atoms with Gasteiger partial charge >= 0.3 is 5.97 Å². The van der Waals surface area contributed by atoms with Crippen molar-refractivity contribution in [2.24, 2.45) is 0 Å². The number of hydrogen-bond donors (Lipinski definition) is 1. The van der Waals surface area contributed by atoms with Crippen molar-refractivity contribution in [3.8, 4) is 5.75 Å². The molecule has 0 aromatic heterocycles. The van der Waals surface area contributed by atoms with E-state index in [2.05, 4.69) is 0 Å². The van der Waals surface area contributed by atoms with Crippen LogP contribution >= 0.6 is 0 Å². The van der Waals surface area contributed by atoms with Crippen LogP contribution in [0.25, 0.3) is 0 Å². The predicted molar refractivity (Wildman–Crippen MR) is 70.4 cm³/mol. The quantitative estimate of drug-likeness (QED) is 0.894. The molecule has 0 spiro atoms. The van der Waals surface area contributed by atoms with E-state index in [0.717, 1.165) is 29.7 Å². The van der Waals surface area contributed by atoms with Gasteiger partial charge in [0.25, 0.3) is 0 Å². The highest BCUT2D eigenvalue weighted by Gasteiger charge is 2.25. The highest BCUT2D eigenvalue weighted by atomic mass is 16.5. The molecule has 0 saturated heterocycles. The third kappa shape index (κ3) is 2.09.